The lowest BCUT2D eigenvalue weighted by molar-refractivity contribution is -0.137. The van der Waals surface area contributed by atoms with Crippen LogP contribution in [-0.4, -0.2) is 15.0 Å². The summed E-state index contributed by atoms with van der Waals surface area (Å²) >= 11 is 0. The molecule has 2 heterocycles. The molecule has 0 aliphatic heterocycles. The van der Waals surface area contributed by atoms with Gasteiger partial charge in [0, 0.05) is 24.0 Å². The van der Waals surface area contributed by atoms with Gasteiger partial charge in [0.25, 0.3) is 0 Å². The van der Waals surface area contributed by atoms with Gasteiger partial charge in [-0.2, -0.15) is 18.2 Å². The minimum absolute atomic E-state index is 0.00511. The van der Waals surface area contributed by atoms with Crippen LogP contribution in [0.4, 0.5) is 24.9 Å². The summed E-state index contributed by atoms with van der Waals surface area (Å²) < 4.78 is 38.4. The number of nitrogen functional groups attached to an aromatic ring is 2. The Morgan fingerprint density at radius 2 is 1.83 bits per heavy atom. The Balaban J connectivity index is 2.64. The zero-order valence-corrected chi connectivity index (χ0v) is 8.94. The lowest BCUT2D eigenvalue weighted by Crippen LogP contribution is -2.09. The quantitative estimate of drug-likeness (QED) is 0.809. The highest BCUT2D eigenvalue weighted by Crippen LogP contribution is 2.36. The summed E-state index contributed by atoms with van der Waals surface area (Å²) in [5.41, 5.74) is 9.72. The molecule has 18 heavy (non-hydrogen) atoms. The van der Waals surface area contributed by atoms with Crippen molar-refractivity contribution in [3.63, 3.8) is 0 Å². The van der Waals surface area contributed by atoms with Crippen LogP contribution in [-0.2, 0) is 6.18 Å². The number of nitrogens with zero attached hydrogens (tertiary/aromatic N) is 3. The van der Waals surface area contributed by atoms with Crippen molar-refractivity contribution in [3.05, 3.63) is 30.1 Å². The summed E-state index contributed by atoms with van der Waals surface area (Å²) in [6, 6.07) is 2.08. The number of hydrogen-bond acceptors (Lipinski definition) is 5. The maximum atomic E-state index is 12.8. The molecule has 5 nitrogen and oxygen atoms in total. The van der Waals surface area contributed by atoms with Crippen LogP contribution in [0.25, 0.3) is 11.3 Å². The fourth-order valence-corrected chi connectivity index (χ4v) is 1.47. The summed E-state index contributed by atoms with van der Waals surface area (Å²) in [6.45, 7) is 0. The van der Waals surface area contributed by atoms with Crippen molar-refractivity contribution in [1.29, 1.82) is 0 Å². The predicted octanol–water partition coefficient (Wildman–Crippen LogP) is 1.72. The molecule has 94 valence electrons. The third-order valence-corrected chi connectivity index (χ3v) is 2.17. The summed E-state index contributed by atoms with van der Waals surface area (Å²) in [4.78, 5) is 11.0. The Morgan fingerprint density at radius 3 is 2.44 bits per heavy atom. The summed E-state index contributed by atoms with van der Waals surface area (Å²) in [5, 5.41) is 0. The van der Waals surface area contributed by atoms with E-state index in [-0.39, 0.29) is 23.0 Å². The van der Waals surface area contributed by atoms with E-state index >= 15 is 0 Å². The Morgan fingerprint density at radius 1 is 1.11 bits per heavy atom. The molecule has 0 saturated heterocycles. The normalized spacial score (nSPS) is 11.5. The summed E-state index contributed by atoms with van der Waals surface area (Å²) in [7, 11) is 0. The lowest BCUT2D eigenvalue weighted by atomic mass is 10.1. The maximum Gasteiger partial charge on any atom is 0.417 e. The van der Waals surface area contributed by atoms with E-state index in [1.807, 2.05) is 0 Å². The second-order valence-electron chi connectivity index (χ2n) is 3.46. The van der Waals surface area contributed by atoms with E-state index < -0.39 is 11.7 Å². The van der Waals surface area contributed by atoms with Gasteiger partial charge in [0.15, 0.2) is 0 Å². The monoisotopic (exact) mass is 255 g/mol. The van der Waals surface area contributed by atoms with Gasteiger partial charge >= 0.3 is 6.18 Å². The largest absolute Gasteiger partial charge is 0.417 e. The first-order chi connectivity index (χ1) is 8.38. The SMILES string of the molecule is Nc1cc(-c2cnccc2C(F)(F)F)nc(N)n1. The first kappa shape index (κ1) is 12.1. The van der Waals surface area contributed by atoms with E-state index in [1.165, 1.54) is 6.07 Å². The molecule has 0 spiro atoms. The third kappa shape index (κ3) is 2.31. The van der Waals surface area contributed by atoms with Crippen molar-refractivity contribution >= 4 is 11.8 Å². The second-order valence-corrected chi connectivity index (χ2v) is 3.46. The molecule has 0 aliphatic carbocycles. The first-order valence-corrected chi connectivity index (χ1v) is 4.79. The predicted molar refractivity (Wildman–Crippen MR) is 59.1 cm³/mol. The fraction of sp³-hybridized carbons (Fsp3) is 0.100. The van der Waals surface area contributed by atoms with Gasteiger partial charge in [-0.15, -0.1) is 0 Å². The number of nitrogens with two attached hydrogens (primary N) is 2. The van der Waals surface area contributed by atoms with Crippen molar-refractivity contribution in [2.24, 2.45) is 0 Å². The molecule has 0 saturated carbocycles. The van der Waals surface area contributed by atoms with Crippen molar-refractivity contribution in [3.8, 4) is 11.3 Å². The van der Waals surface area contributed by atoms with Crippen molar-refractivity contribution in [1.82, 2.24) is 15.0 Å². The van der Waals surface area contributed by atoms with Gasteiger partial charge in [-0.05, 0) is 6.07 Å². The molecule has 0 fully saturated rings. The third-order valence-electron chi connectivity index (χ3n) is 2.17. The smallest absolute Gasteiger partial charge is 0.384 e. The molecule has 0 bridgehead atoms. The van der Waals surface area contributed by atoms with Crippen LogP contribution < -0.4 is 11.5 Å². The van der Waals surface area contributed by atoms with Crippen LogP contribution in [0.1, 0.15) is 5.56 Å². The number of anilines is 2. The Bertz CT molecular complexity index is 562. The molecule has 2 rings (SSSR count). The lowest BCUT2D eigenvalue weighted by Gasteiger charge is -2.11. The molecule has 0 radical (unpaired) electrons. The van der Waals surface area contributed by atoms with Gasteiger partial charge in [-0.3, -0.25) is 4.98 Å². The van der Waals surface area contributed by atoms with Crippen molar-refractivity contribution in [2.45, 2.75) is 6.18 Å². The van der Waals surface area contributed by atoms with Gasteiger partial charge < -0.3 is 11.5 Å². The Kier molecular flexibility index (Phi) is 2.77. The minimum atomic E-state index is -4.51. The van der Waals surface area contributed by atoms with E-state index in [4.69, 9.17) is 11.5 Å². The molecule has 2 aromatic rings. The highest BCUT2D eigenvalue weighted by atomic mass is 19.4. The maximum absolute atomic E-state index is 12.8. The Hall–Kier alpha value is -2.38. The van der Waals surface area contributed by atoms with Crippen LogP contribution in [0.2, 0.25) is 0 Å². The van der Waals surface area contributed by atoms with Crippen molar-refractivity contribution < 1.29 is 13.2 Å². The number of aromatic nitrogens is 3. The number of hydrogen-bond donors (Lipinski definition) is 2. The zero-order chi connectivity index (χ0) is 13.3. The van der Waals surface area contributed by atoms with E-state index in [2.05, 4.69) is 15.0 Å². The highest BCUT2D eigenvalue weighted by molar-refractivity contribution is 5.66. The first-order valence-electron chi connectivity index (χ1n) is 4.79. The molecule has 0 aliphatic rings. The highest BCUT2D eigenvalue weighted by Gasteiger charge is 2.34. The topological polar surface area (TPSA) is 90.7 Å². The van der Waals surface area contributed by atoms with Crippen LogP contribution in [0.3, 0.4) is 0 Å². The Labute approximate surface area is 99.7 Å². The summed E-state index contributed by atoms with van der Waals surface area (Å²) in [6.07, 6.45) is -2.39. The van der Waals surface area contributed by atoms with Crippen LogP contribution in [0, 0.1) is 0 Å². The molecule has 4 N–H and O–H groups in total. The van der Waals surface area contributed by atoms with Gasteiger partial charge in [0.05, 0.1) is 11.3 Å². The zero-order valence-electron chi connectivity index (χ0n) is 8.94. The molecular weight excluding hydrogens is 247 g/mol. The van der Waals surface area contributed by atoms with Crippen LogP contribution in [0.15, 0.2) is 24.5 Å². The molecule has 0 unspecified atom stereocenters. The average Bonchev–Trinajstić information content (AvgIpc) is 2.26. The molecule has 8 heteroatoms. The van der Waals surface area contributed by atoms with Gasteiger partial charge in [-0.25, -0.2) is 4.98 Å². The number of rotatable bonds is 1. The number of alkyl halides is 3. The average molecular weight is 255 g/mol. The minimum Gasteiger partial charge on any atom is -0.384 e. The summed E-state index contributed by atoms with van der Waals surface area (Å²) in [5.74, 6) is -0.198. The van der Waals surface area contributed by atoms with E-state index in [0.29, 0.717) is 0 Å². The van der Waals surface area contributed by atoms with Gasteiger partial charge in [0.2, 0.25) is 5.95 Å². The fourth-order valence-electron chi connectivity index (χ4n) is 1.47. The molecule has 0 aromatic carbocycles. The van der Waals surface area contributed by atoms with Gasteiger partial charge in [0.1, 0.15) is 5.82 Å². The van der Waals surface area contributed by atoms with Crippen LogP contribution >= 0.6 is 0 Å². The molecule has 0 atom stereocenters. The van der Waals surface area contributed by atoms with E-state index in [0.717, 1.165) is 18.5 Å². The molecular formula is C10H8F3N5. The van der Waals surface area contributed by atoms with E-state index in [9.17, 15) is 13.2 Å². The second kappa shape index (κ2) is 4.13. The van der Waals surface area contributed by atoms with Crippen molar-refractivity contribution in [2.75, 3.05) is 11.5 Å². The number of pyridine rings is 1. The number of halogens is 3. The standard InChI is InChI=1S/C10H8F3N5/c11-10(12,13)6-1-2-16-4-5(6)7-3-8(14)18-9(15)17-7/h1-4H,(H4,14,15,17,18). The van der Waals surface area contributed by atoms with Crippen LogP contribution in [0.5, 0.6) is 0 Å². The van der Waals surface area contributed by atoms with E-state index in [1.54, 1.807) is 0 Å². The molecule has 0 amide bonds. The molecule has 2 aromatic heterocycles. The van der Waals surface area contributed by atoms with Gasteiger partial charge in [-0.1, -0.05) is 0 Å².